The van der Waals surface area contributed by atoms with Gasteiger partial charge in [0.15, 0.2) is 0 Å². The van der Waals surface area contributed by atoms with Crippen LogP contribution >= 0.6 is 0 Å². The first-order valence-electron chi connectivity index (χ1n) is 10.8. The molecule has 10 heteroatoms. The van der Waals surface area contributed by atoms with Crippen LogP contribution in [0.15, 0.2) is 71.7 Å². The monoisotopic (exact) mass is 500 g/mol. The molecule has 1 N–H and O–H groups in total. The molecule has 3 rings (SSSR count). The Morgan fingerprint density at radius 2 is 1.74 bits per heavy atom. The van der Waals surface area contributed by atoms with E-state index in [1.165, 1.54) is 50.4 Å². The lowest BCUT2D eigenvalue weighted by Crippen LogP contribution is -2.32. The van der Waals surface area contributed by atoms with Crippen LogP contribution in [0.25, 0.3) is 5.76 Å². The van der Waals surface area contributed by atoms with Crippen molar-refractivity contribution >= 4 is 27.5 Å². The summed E-state index contributed by atoms with van der Waals surface area (Å²) in [5.74, 6) is -1.40. The van der Waals surface area contributed by atoms with Crippen LogP contribution in [0.1, 0.15) is 17.2 Å². The molecule has 1 amide bonds. The molecule has 0 spiro atoms. The van der Waals surface area contributed by atoms with Crippen molar-refractivity contribution in [3.8, 4) is 5.75 Å². The van der Waals surface area contributed by atoms with Gasteiger partial charge in [-0.05, 0) is 42.0 Å². The van der Waals surface area contributed by atoms with E-state index < -0.39 is 33.5 Å². The zero-order valence-electron chi connectivity index (χ0n) is 19.8. The molecule has 1 heterocycles. The molecule has 0 aliphatic carbocycles. The molecule has 35 heavy (non-hydrogen) atoms. The van der Waals surface area contributed by atoms with Crippen LogP contribution in [-0.2, 0) is 24.3 Å². The molecule has 0 aromatic heterocycles. The summed E-state index contributed by atoms with van der Waals surface area (Å²) in [6.07, 6.45) is 1.61. The Balaban J connectivity index is 2.08. The second-order valence-corrected chi connectivity index (χ2v) is 10.1. The number of aliphatic hydroxyl groups is 1. The van der Waals surface area contributed by atoms with Crippen molar-refractivity contribution in [1.29, 1.82) is 0 Å². The Kier molecular flexibility index (Phi) is 8.11. The largest absolute Gasteiger partial charge is 0.507 e. The van der Waals surface area contributed by atoms with Crippen LogP contribution in [-0.4, -0.2) is 75.4 Å². The second-order valence-electron chi connectivity index (χ2n) is 7.97. The summed E-state index contributed by atoms with van der Waals surface area (Å²) in [5, 5.41) is 11.1. The zero-order valence-corrected chi connectivity index (χ0v) is 20.6. The minimum absolute atomic E-state index is 0.0336. The number of sulfonamides is 1. The van der Waals surface area contributed by atoms with Crippen molar-refractivity contribution in [2.75, 3.05) is 41.0 Å². The third kappa shape index (κ3) is 5.29. The predicted octanol–water partition coefficient (Wildman–Crippen LogP) is 2.57. The molecule has 1 saturated heterocycles. The van der Waals surface area contributed by atoms with Crippen molar-refractivity contribution in [2.45, 2.75) is 10.9 Å². The fourth-order valence-electron chi connectivity index (χ4n) is 3.70. The van der Waals surface area contributed by atoms with Gasteiger partial charge in [0.25, 0.3) is 11.7 Å². The third-order valence-electron chi connectivity index (χ3n) is 5.55. The average molecular weight is 501 g/mol. The van der Waals surface area contributed by atoms with E-state index in [2.05, 4.69) is 6.58 Å². The number of ketones is 1. The quantitative estimate of drug-likeness (QED) is 0.231. The van der Waals surface area contributed by atoms with Gasteiger partial charge in [0, 0.05) is 33.3 Å². The summed E-state index contributed by atoms with van der Waals surface area (Å²) in [5.41, 5.74) is 0.720. The number of ether oxygens (including phenoxy) is 2. The highest BCUT2D eigenvalue weighted by Gasteiger charge is 2.45. The van der Waals surface area contributed by atoms with Crippen molar-refractivity contribution in [2.24, 2.45) is 0 Å². The van der Waals surface area contributed by atoms with Gasteiger partial charge in [0.2, 0.25) is 10.0 Å². The fourth-order valence-corrected chi connectivity index (χ4v) is 4.60. The number of rotatable bonds is 10. The van der Waals surface area contributed by atoms with Gasteiger partial charge in [-0.3, -0.25) is 9.59 Å². The Morgan fingerprint density at radius 1 is 1.11 bits per heavy atom. The molecule has 9 nitrogen and oxygen atoms in total. The summed E-state index contributed by atoms with van der Waals surface area (Å²) >= 11 is 0. The Bertz CT molecular complexity index is 1230. The number of methoxy groups -OCH3 is 1. The van der Waals surface area contributed by atoms with E-state index in [0.717, 1.165) is 4.31 Å². The number of Topliss-reactive ketones (excluding diaryl/α,β-unsaturated/α-hetero) is 1. The molecule has 186 valence electrons. The van der Waals surface area contributed by atoms with E-state index in [0.29, 0.717) is 17.9 Å². The number of carbonyl (C=O) groups is 2. The number of aliphatic hydroxyl groups excluding tert-OH is 1. The zero-order chi connectivity index (χ0) is 25.8. The molecule has 2 aromatic carbocycles. The van der Waals surface area contributed by atoms with Gasteiger partial charge in [-0.25, -0.2) is 12.7 Å². The summed E-state index contributed by atoms with van der Waals surface area (Å²) in [4.78, 5) is 27.3. The number of nitrogens with zero attached hydrogens (tertiary/aromatic N) is 2. The first-order valence-corrected chi connectivity index (χ1v) is 12.2. The maximum Gasteiger partial charge on any atom is 0.295 e. The summed E-state index contributed by atoms with van der Waals surface area (Å²) < 4.78 is 36.4. The first-order chi connectivity index (χ1) is 16.6. The number of hydrogen-bond acceptors (Lipinski definition) is 7. The highest BCUT2D eigenvalue weighted by molar-refractivity contribution is 7.89. The standard InChI is InChI=1S/C25H28N2O7S/c1-5-15-34-19-10-6-17(7-11-19)22-21(24(29)25(30)27(22)14-16-33-4)23(28)18-8-12-20(13-9-18)35(31,32)26(2)3/h5-13,22,28H,1,14-16H2,2-4H3/b23-21+/t22-/m1/s1. The highest BCUT2D eigenvalue weighted by atomic mass is 32.2. The van der Waals surface area contributed by atoms with Crippen molar-refractivity contribution in [3.05, 3.63) is 77.9 Å². The maximum atomic E-state index is 13.0. The second kappa shape index (κ2) is 10.9. The van der Waals surface area contributed by atoms with Crippen molar-refractivity contribution in [3.63, 3.8) is 0 Å². The minimum Gasteiger partial charge on any atom is -0.507 e. The number of hydrogen-bond donors (Lipinski definition) is 1. The van der Waals surface area contributed by atoms with Gasteiger partial charge in [0.1, 0.15) is 18.1 Å². The molecule has 1 fully saturated rings. The summed E-state index contributed by atoms with van der Waals surface area (Å²) in [6.45, 7) is 4.27. The lowest BCUT2D eigenvalue weighted by molar-refractivity contribution is -0.140. The number of carbonyl (C=O) groups excluding carboxylic acids is 2. The number of amides is 1. The topological polar surface area (TPSA) is 113 Å². The van der Waals surface area contributed by atoms with Gasteiger partial charge in [-0.15, -0.1) is 0 Å². The Labute approximate surface area is 204 Å². The van der Waals surface area contributed by atoms with Crippen LogP contribution in [0.2, 0.25) is 0 Å². The molecule has 2 aromatic rings. The highest BCUT2D eigenvalue weighted by Crippen LogP contribution is 2.39. The molecule has 0 saturated carbocycles. The predicted molar refractivity (Wildman–Crippen MR) is 130 cm³/mol. The SMILES string of the molecule is C=CCOc1ccc([C@@H]2/C(=C(\O)c3ccc(S(=O)(=O)N(C)C)cc3)C(=O)C(=O)N2CCOC)cc1. The minimum atomic E-state index is -3.67. The van der Waals surface area contributed by atoms with Gasteiger partial charge in [0.05, 0.1) is 23.1 Å². The van der Waals surface area contributed by atoms with Crippen LogP contribution in [0.4, 0.5) is 0 Å². The van der Waals surface area contributed by atoms with E-state index >= 15 is 0 Å². The van der Waals surface area contributed by atoms with E-state index in [1.807, 2.05) is 0 Å². The van der Waals surface area contributed by atoms with E-state index in [1.54, 1.807) is 30.3 Å². The van der Waals surface area contributed by atoms with Crippen LogP contribution < -0.4 is 4.74 Å². The number of likely N-dealkylation sites (tertiary alicyclic amines) is 1. The Morgan fingerprint density at radius 3 is 2.29 bits per heavy atom. The fraction of sp³-hybridized carbons (Fsp3) is 0.280. The lowest BCUT2D eigenvalue weighted by Gasteiger charge is -2.25. The third-order valence-corrected chi connectivity index (χ3v) is 7.38. The molecular weight excluding hydrogens is 472 g/mol. The van der Waals surface area contributed by atoms with Gasteiger partial charge in [-0.2, -0.15) is 0 Å². The number of benzene rings is 2. The van der Waals surface area contributed by atoms with Crippen molar-refractivity contribution < 1.29 is 32.6 Å². The van der Waals surface area contributed by atoms with Crippen molar-refractivity contribution in [1.82, 2.24) is 9.21 Å². The normalized spacial score (nSPS) is 17.7. The van der Waals surface area contributed by atoms with E-state index in [9.17, 15) is 23.1 Å². The molecule has 1 atom stereocenters. The average Bonchev–Trinajstić information content (AvgIpc) is 3.10. The Hall–Kier alpha value is -3.47. The molecule has 1 aliphatic rings. The smallest absolute Gasteiger partial charge is 0.295 e. The molecular formula is C25H28N2O7S. The van der Waals surface area contributed by atoms with Gasteiger partial charge in [-0.1, -0.05) is 24.8 Å². The summed E-state index contributed by atoms with van der Waals surface area (Å²) in [6, 6.07) is 11.5. The molecule has 0 radical (unpaired) electrons. The van der Waals surface area contributed by atoms with Gasteiger partial charge < -0.3 is 19.5 Å². The maximum absolute atomic E-state index is 13.0. The molecule has 1 aliphatic heterocycles. The van der Waals surface area contributed by atoms with E-state index in [-0.39, 0.29) is 29.2 Å². The first kappa shape index (κ1) is 26.1. The lowest BCUT2D eigenvalue weighted by atomic mass is 9.95. The molecule has 0 bridgehead atoms. The van der Waals surface area contributed by atoms with Gasteiger partial charge >= 0.3 is 0 Å². The van der Waals surface area contributed by atoms with E-state index in [4.69, 9.17) is 9.47 Å². The van der Waals surface area contributed by atoms with Crippen LogP contribution in [0.3, 0.4) is 0 Å². The van der Waals surface area contributed by atoms with Crippen LogP contribution in [0.5, 0.6) is 5.75 Å². The van der Waals surface area contributed by atoms with Crippen LogP contribution in [0, 0.1) is 0 Å². The molecule has 0 unspecified atom stereocenters. The summed E-state index contributed by atoms with van der Waals surface area (Å²) in [7, 11) is 0.650.